The van der Waals surface area contributed by atoms with Crippen LogP contribution in [0.1, 0.15) is 26.3 Å². The van der Waals surface area contributed by atoms with E-state index in [1.807, 2.05) is 60.1 Å². The van der Waals surface area contributed by atoms with Gasteiger partial charge in [-0.2, -0.15) is 11.3 Å². The summed E-state index contributed by atoms with van der Waals surface area (Å²) in [4.78, 5) is 32.8. The molecule has 0 radical (unpaired) electrons. The molecule has 6 nitrogen and oxygen atoms in total. The van der Waals surface area contributed by atoms with E-state index in [0.717, 1.165) is 22.2 Å². The van der Waals surface area contributed by atoms with Crippen molar-refractivity contribution in [2.75, 3.05) is 10.6 Å². The Hall–Kier alpha value is -3.94. The van der Waals surface area contributed by atoms with E-state index in [1.54, 1.807) is 24.3 Å². The number of aromatic nitrogens is 2. The number of thiophene rings is 1. The zero-order valence-electron chi connectivity index (χ0n) is 18.1. The number of aromatic amines is 1. The third-order valence-electron chi connectivity index (χ3n) is 5.24. The maximum absolute atomic E-state index is 12.6. The number of nitrogens with zero attached hydrogens (tertiary/aromatic N) is 1. The molecule has 5 aromatic rings. The molecule has 5 rings (SSSR count). The number of H-pyrrole nitrogens is 1. The van der Waals surface area contributed by atoms with Crippen LogP contribution in [0.4, 0.5) is 11.4 Å². The molecule has 2 aromatic heterocycles. The lowest BCUT2D eigenvalue weighted by molar-refractivity contribution is 0.101. The topological polar surface area (TPSA) is 86.9 Å². The van der Waals surface area contributed by atoms with Crippen molar-refractivity contribution in [3.8, 4) is 11.4 Å². The molecule has 3 N–H and O–H groups in total. The minimum atomic E-state index is -0.223. The van der Waals surface area contributed by atoms with E-state index >= 15 is 0 Å². The van der Waals surface area contributed by atoms with E-state index in [-0.39, 0.29) is 11.8 Å². The molecule has 8 heteroatoms. The summed E-state index contributed by atoms with van der Waals surface area (Å²) in [6.07, 6.45) is 0. The van der Waals surface area contributed by atoms with Crippen molar-refractivity contribution < 1.29 is 9.59 Å². The van der Waals surface area contributed by atoms with Gasteiger partial charge in [0.15, 0.2) is 0 Å². The number of benzene rings is 3. The van der Waals surface area contributed by atoms with Gasteiger partial charge >= 0.3 is 0 Å². The normalized spacial score (nSPS) is 10.9. The van der Waals surface area contributed by atoms with Crippen LogP contribution in [-0.2, 0) is 0 Å². The third-order valence-corrected chi connectivity index (χ3v) is 6.15. The minimum Gasteiger partial charge on any atom is -0.338 e. The fourth-order valence-electron chi connectivity index (χ4n) is 3.60. The first-order valence-corrected chi connectivity index (χ1v) is 11.8. The van der Waals surface area contributed by atoms with Gasteiger partial charge < -0.3 is 15.6 Å². The van der Waals surface area contributed by atoms with Crippen molar-refractivity contribution in [3.05, 3.63) is 99.2 Å². The van der Waals surface area contributed by atoms with Gasteiger partial charge in [0.2, 0.25) is 0 Å². The number of hydrogen-bond donors (Lipinski definition) is 3. The highest BCUT2D eigenvalue weighted by Gasteiger charge is 2.11. The molecule has 0 spiro atoms. The van der Waals surface area contributed by atoms with E-state index in [9.17, 15) is 9.59 Å². The average molecular weight is 487 g/mol. The monoisotopic (exact) mass is 486 g/mol. The third kappa shape index (κ3) is 4.71. The lowest BCUT2D eigenvalue weighted by Gasteiger charge is -2.07. The first-order valence-electron chi connectivity index (χ1n) is 10.5. The standard InChI is InChI=1S/C26H19ClN4O2S/c1-15-10-18(12-19(27)11-15)26(33)28-20-4-2-16(3-5-20)24-30-22-7-6-21(13-23(22)31-24)29-25(32)17-8-9-34-14-17/h2-14H,1H3,(H,28,33)(H,29,32)(H,30,31). The van der Waals surface area contributed by atoms with E-state index in [2.05, 4.69) is 20.6 Å². The summed E-state index contributed by atoms with van der Waals surface area (Å²) in [6.45, 7) is 1.89. The molecule has 0 saturated heterocycles. The molecule has 0 aliphatic carbocycles. The van der Waals surface area contributed by atoms with Crippen LogP contribution in [-0.4, -0.2) is 21.8 Å². The smallest absolute Gasteiger partial charge is 0.256 e. The quantitative estimate of drug-likeness (QED) is 0.256. The number of nitrogens with one attached hydrogen (secondary N) is 3. The Bertz CT molecular complexity index is 1490. The van der Waals surface area contributed by atoms with Crippen molar-refractivity contribution in [2.24, 2.45) is 0 Å². The number of aryl methyl sites for hydroxylation is 1. The molecular formula is C26H19ClN4O2S. The molecule has 34 heavy (non-hydrogen) atoms. The Kier molecular flexibility index (Phi) is 5.88. The number of hydrogen-bond acceptors (Lipinski definition) is 4. The maximum Gasteiger partial charge on any atom is 0.256 e. The van der Waals surface area contributed by atoms with E-state index in [0.29, 0.717) is 33.3 Å². The van der Waals surface area contributed by atoms with Crippen molar-refractivity contribution in [3.63, 3.8) is 0 Å². The Labute approximate surface area is 204 Å². The molecular weight excluding hydrogens is 468 g/mol. The molecule has 0 unspecified atom stereocenters. The number of carbonyl (C=O) groups is 2. The van der Waals surface area contributed by atoms with Gasteiger partial charge in [-0.1, -0.05) is 11.6 Å². The van der Waals surface area contributed by atoms with Crippen LogP contribution in [0.3, 0.4) is 0 Å². The molecule has 0 aliphatic heterocycles. The maximum atomic E-state index is 12.6. The van der Waals surface area contributed by atoms with Gasteiger partial charge in [0, 0.05) is 32.9 Å². The molecule has 0 bridgehead atoms. The molecule has 3 aromatic carbocycles. The highest BCUT2D eigenvalue weighted by atomic mass is 35.5. The molecule has 0 saturated carbocycles. The van der Waals surface area contributed by atoms with Gasteiger partial charge in [0.25, 0.3) is 11.8 Å². The summed E-state index contributed by atoms with van der Waals surface area (Å²) in [5.41, 5.74) is 5.89. The SMILES string of the molecule is Cc1cc(Cl)cc(C(=O)Nc2ccc(-c3nc4ccc(NC(=O)c5ccsc5)cc4[nH]3)cc2)c1. The Morgan fingerprint density at radius 2 is 1.62 bits per heavy atom. The van der Waals surface area contributed by atoms with E-state index in [4.69, 9.17) is 11.6 Å². The number of anilines is 2. The average Bonchev–Trinajstić information content (AvgIpc) is 3.49. The number of carbonyl (C=O) groups excluding carboxylic acids is 2. The molecule has 0 fully saturated rings. The lowest BCUT2D eigenvalue weighted by Crippen LogP contribution is -2.12. The summed E-state index contributed by atoms with van der Waals surface area (Å²) >= 11 is 7.55. The molecule has 2 amide bonds. The van der Waals surface area contributed by atoms with Crippen molar-refractivity contribution in [1.29, 1.82) is 0 Å². The molecule has 0 aliphatic rings. The number of rotatable bonds is 5. The lowest BCUT2D eigenvalue weighted by atomic mass is 10.1. The predicted octanol–water partition coefficient (Wildman–Crippen LogP) is 6.76. The zero-order valence-corrected chi connectivity index (χ0v) is 19.6. The molecule has 168 valence electrons. The first kappa shape index (κ1) is 21.9. The van der Waals surface area contributed by atoms with Gasteiger partial charge in [-0.25, -0.2) is 4.98 Å². The van der Waals surface area contributed by atoms with Crippen LogP contribution in [0, 0.1) is 6.92 Å². The van der Waals surface area contributed by atoms with Crippen LogP contribution >= 0.6 is 22.9 Å². The number of imidazole rings is 1. The highest BCUT2D eigenvalue weighted by Crippen LogP contribution is 2.25. The molecule has 2 heterocycles. The first-order chi connectivity index (χ1) is 16.4. The van der Waals surface area contributed by atoms with E-state index < -0.39 is 0 Å². The van der Waals surface area contributed by atoms with Gasteiger partial charge in [-0.15, -0.1) is 0 Å². The Morgan fingerprint density at radius 3 is 2.35 bits per heavy atom. The highest BCUT2D eigenvalue weighted by molar-refractivity contribution is 7.08. The van der Waals surface area contributed by atoms with Crippen molar-refractivity contribution >= 4 is 57.2 Å². The van der Waals surface area contributed by atoms with Crippen LogP contribution in [0.25, 0.3) is 22.4 Å². The fourth-order valence-corrected chi connectivity index (χ4v) is 4.53. The van der Waals surface area contributed by atoms with Crippen LogP contribution in [0.5, 0.6) is 0 Å². The van der Waals surface area contributed by atoms with Crippen LogP contribution < -0.4 is 10.6 Å². The summed E-state index contributed by atoms with van der Waals surface area (Å²) in [5, 5.41) is 10.00. The van der Waals surface area contributed by atoms with Gasteiger partial charge in [-0.05, 0) is 84.6 Å². The molecule has 0 atom stereocenters. The Balaban J connectivity index is 1.31. The number of amides is 2. The van der Waals surface area contributed by atoms with Crippen molar-refractivity contribution in [2.45, 2.75) is 6.92 Å². The van der Waals surface area contributed by atoms with E-state index in [1.165, 1.54) is 11.3 Å². The summed E-state index contributed by atoms with van der Waals surface area (Å²) in [5.74, 6) is 0.324. The zero-order chi connectivity index (χ0) is 23.7. The van der Waals surface area contributed by atoms with Crippen molar-refractivity contribution in [1.82, 2.24) is 9.97 Å². The minimum absolute atomic E-state index is 0.147. The fraction of sp³-hybridized carbons (Fsp3) is 0.0385. The second-order valence-corrected chi connectivity index (χ2v) is 9.05. The van der Waals surface area contributed by atoms with Gasteiger partial charge in [-0.3, -0.25) is 9.59 Å². The van der Waals surface area contributed by atoms with Crippen LogP contribution in [0.15, 0.2) is 77.5 Å². The Morgan fingerprint density at radius 1 is 0.882 bits per heavy atom. The predicted molar refractivity (Wildman–Crippen MR) is 138 cm³/mol. The second-order valence-electron chi connectivity index (χ2n) is 7.83. The largest absolute Gasteiger partial charge is 0.338 e. The summed E-state index contributed by atoms with van der Waals surface area (Å²) in [6, 6.07) is 20.0. The summed E-state index contributed by atoms with van der Waals surface area (Å²) in [7, 11) is 0. The van der Waals surface area contributed by atoms with Crippen LogP contribution in [0.2, 0.25) is 5.02 Å². The number of halogens is 1. The second kappa shape index (κ2) is 9.13. The number of fused-ring (bicyclic) bond motifs is 1. The summed E-state index contributed by atoms with van der Waals surface area (Å²) < 4.78 is 0. The van der Waals surface area contributed by atoms with Gasteiger partial charge in [0.05, 0.1) is 16.6 Å². The van der Waals surface area contributed by atoms with Gasteiger partial charge in [0.1, 0.15) is 5.82 Å².